The van der Waals surface area contributed by atoms with Gasteiger partial charge in [0.05, 0.1) is 5.52 Å². The van der Waals surface area contributed by atoms with Crippen LogP contribution < -0.4 is 0 Å². The van der Waals surface area contributed by atoms with E-state index < -0.39 is 10.1 Å². The van der Waals surface area contributed by atoms with Crippen molar-refractivity contribution in [2.24, 2.45) is 0 Å². The first-order valence-corrected chi connectivity index (χ1v) is 8.02. The second kappa shape index (κ2) is 5.26. The van der Waals surface area contributed by atoms with Crippen LogP contribution in [0.5, 0.6) is 0 Å². The minimum atomic E-state index is -2.30. The smallest absolute Gasteiger partial charge is 0.235 e. The minimum Gasteiger partial charge on any atom is -0.357 e. The van der Waals surface area contributed by atoms with Crippen molar-refractivity contribution in [1.82, 2.24) is 9.97 Å². The molecule has 120 valence electrons. The number of hydrogen-bond acceptors (Lipinski definition) is 4. The lowest BCUT2D eigenvalue weighted by molar-refractivity contribution is -0.120. The number of aromatic nitrogens is 2. The van der Waals surface area contributed by atoms with Crippen molar-refractivity contribution < 1.29 is 10.2 Å². The van der Waals surface area contributed by atoms with E-state index in [1.165, 1.54) is 12.3 Å². The van der Waals surface area contributed by atoms with Gasteiger partial charge in [-0.25, -0.2) is 0 Å². The second-order valence-corrected chi connectivity index (χ2v) is 7.05. The maximum absolute atomic E-state index is 10.7. The zero-order valence-electron chi connectivity index (χ0n) is 12.3. The molecule has 1 aromatic carbocycles. The molecule has 4 rings (SSSR count). The largest absolute Gasteiger partial charge is 0.357 e. The fourth-order valence-electron chi connectivity index (χ4n) is 2.96. The summed E-state index contributed by atoms with van der Waals surface area (Å²) in [6.45, 7) is 0. The zero-order chi connectivity index (χ0) is 16.9. The lowest BCUT2D eigenvalue weighted by Gasteiger charge is -2.35. The predicted molar refractivity (Wildman–Crippen MR) is 93.5 cm³/mol. The lowest BCUT2D eigenvalue weighted by atomic mass is 9.85. The zero-order valence-corrected chi connectivity index (χ0v) is 13.8. The number of rotatable bonds is 1. The molecule has 0 saturated heterocycles. The molecular formula is C18H12Cl2N2O2. The van der Waals surface area contributed by atoms with Crippen molar-refractivity contribution in [1.29, 1.82) is 0 Å². The molecule has 2 N–H and O–H groups in total. The summed E-state index contributed by atoms with van der Waals surface area (Å²) in [6.07, 6.45) is 4.58. The van der Waals surface area contributed by atoms with Crippen molar-refractivity contribution in [2.75, 3.05) is 0 Å². The third-order valence-electron chi connectivity index (χ3n) is 4.12. The number of nitrogens with zero attached hydrogens (tertiary/aromatic N) is 2. The highest BCUT2D eigenvalue weighted by Crippen LogP contribution is 2.49. The highest BCUT2D eigenvalue weighted by atomic mass is 35.5. The van der Waals surface area contributed by atoms with Gasteiger partial charge in [-0.2, -0.15) is 0 Å². The van der Waals surface area contributed by atoms with Crippen LogP contribution in [-0.2, 0) is 10.1 Å². The van der Waals surface area contributed by atoms with E-state index in [2.05, 4.69) is 9.97 Å². The van der Waals surface area contributed by atoms with Gasteiger partial charge in [0.15, 0.2) is 4.33 Å². The Balaban J connectivity index is 1.95. The summed E-state index contributed by atoms with van der Waals surface area (Å²) >= 11 is 12.8. The molecule has 0 fully saturated rings. The molecule has 0 aliphatic heterocycles. The van der Waals surface area contributed by atoms with Crippen molar-refractivity contribution in [2.45, 2.75) is 10.1 Å². The molecule has 0 amide bonds. The van der Waals surface area contributed by atoms with Gasteiger partial charge < -0.3 is 10.2 Å². The van der Waals surface area contributed by atoms with Crippen LogP contribution in [0, 0.1) is 0 Å². The van der Waals surface area contributed by atoms with E-state index >= 15 is 0 Å². The number of allylic oxidation sites excluding steroid dienone is 1. The first-order valence-electron chi connectivity index (χ1n) is 7.26. The highest BCUT2D eigenvalue weighted by molar-refractivity contribution is 6.50. The molecule has 1 aliphatic rings. The summed E-state index contributed by atoms with van der Waals surface area (Å²) in [4.78, 5) is 8.37. The Bertz CT molecular complexity index is 983. The number of benzene rings is 1. The summed E-state index contributed by atoms with van der Waals surface area (Å²) in [7, 11) is 0. The number of halogens is 2. The topological polar surface area (TPSA) is 66.2 Å². The van der Waals surface area contributed by atoms with Gasteiger partial charge in [0.2, 0.25) is 5.79 Å². The maximum Gasteiger partial charge on any atom is 0.235 e. The van der Waals surface area contributed by atoms with Crippen LogP contribution in [0.1, 0.15) is 16.8 Å². The van der Waals surface area contributed by atoms with Gasteiger partial charge in [0.25, 0.3) is 0 Å². The summed E-state index contributed by atoms with van der Waals surface area (Å²) in [5.41, 5.74) is 1.84. The van der Waals surface area contributed by atoms with E-state index in [4.69, 9.17) is 23.2 Å². The van der Waals surface area contributed by atoms with E-state index in [0.717, 1.165) is 10.9 Å². The summed E-state index contributed by atoms with van der Waals surface area (Å²) in [5, 5.41) is 22.4. The van der Waals surface area contributed by atoms with Crippen LogP contribution in [0.2, 0.25) is 0 Å². The SMILES string of the molecule is OC1(O)C(c2ccc3cccnc3c2)=CC(Cl)(Cl)c2cccnc21. The van der Waals surface area contributed by atoms with Crippen LogP contribution in [0.25, 0.3) is 16.5 Å². The van der Waals surface area contributed by atoms with Crippen LogP contribution in [0.4, 0.5) is 0 Å². The summed E-state index contributed by atoms with van der Waals surface area (Å²) in [6, 6.07) is 12.4. The van der Waals surface area contributed by atoms with Gasteiger partial charge >= 0.3 is 0 Å². The van der Waals surface area contributed by atoms with Crippen LogP contribution >= 0.6 is 23.2 Å². The molecule has 4 nitrogen and oxygen atoms in total. The van der Waals surface area contributed by atoms with Crippen LogP contribution in [-0.4, -0.2) is 20.2 Å². The average molecular weight is 359 g/mol. The van der Waals surface area contributed by atoms with Crippen LogP contribution in [0.15, 0.2) is 60.9 Å². The van der Waals surface area contributed by atoms with Crippen molar-refractivity contribution >= 4 is 39.7 Å². The van der Waals surface area contributed by atoms with Crippen molar-refractivity contribution in [3.05, 3.63) is 77.8 Å². The number of fused-ring (bicyclic) bond motifs is 2. The molecule has 2 aromatic heterocycles. The van der Waals surface area contributed by atoms with Gasteiger partial charge in [-0.15, -0.1) is 0 Å². The van der Waals surface area contributed by atoms with E-state index in [9.17, 15) is 10.2 Å². The molecule has 0 radical (unpaired) electrons. The Morgan fingerprint density at radius 1 is 0.917 bits per heavy atom. The van der Waals surface area contributed by atoms with Gasteiger partial charge in [0, 0.05) is 28.9 Å². The number of alkyl halides is 2. The molecule has 3 aromatic rings. The first-order chi connectivity index (χ1) is 11.4. The third-order valence-corrected chi connectivity index (χ3v) is 4.74. The van der Waals surface area contributed by atoms with Gasteiger partial charge in [-0.1, -0.05) is 47.5 Å². The van der Waals surface area contributed by atoms with E-state index in [1.807, 2.05) is 18.2 Å². The Hall–Kier alpha value is -1.98. The highest BCUT2D eigenvalue weighted by Gasteiger charge is 2.46. The molecule has 0 spiro atoms. The van der Waals surface area contributed by atoms with Crippen molar-refractivity contribution in [3.8, 4) is 0 Å². The standard InChI is InChI=1S/C18H12Cl2N2O2/c19-17(20)10-14(18(23,24)16-13(17)4-2-8-22-16)12-6-5-11-3-1-7-21-15(11)9-12/h1-10,23-24H. The molecule has 0 unspecified atom stereocenters. The van der Waals surface area contributed by atoms with E-state index in [0.29, 0.717) is 11.1 Å². The van der Waals surface area contributed by atoms with E-state index in [1.54, 1.807) is 30.5 Å². The van der Waals surface area contributed by atoms with Gasteiger partial charge in [-0.05, 0) is 29.8 Å². The minimum absolute atomic E-state index is 0.0219. The monoisotopic (exact) mass is 358 g/mol. The predicted octanol–water partition coefficient (Wildman–Crippen LogP) is 3.49. The molecular weight excluding hydrogens is 347 g/mol. The third kappa shape index (κ3) is 2.31. The lowest BCUT2D eigenvalue weighted by Crippen LogP contribution is -2.36. The Labute approximate surface area is 148 Å². The fourth-order valence-corrected chi connectivity index (χ4v) is 3.48. The Kier molecular flexibility index (Phi) is 3.41. The second-order valence-electron chi connectivity index (χ2n) is 5.66. The molecule has 24 heavy (non-hydrogen) atoms. The Morgan fingerprint density at radius 2 is 1.67 bits per heavy atom. The number of aliphatic hydroxyl groups is 2. The molecule has 2 heterocycles. The summed E-state index contributed by atoms with van der Waals surface area (Å²) in [5.74, 6) is -2.30. The molecule has 6 heteroatoms. The number of pyridine rings is 2. The molecule has 0 bridgehead atoms. The van der Waals surface area contributed by atoms with E-state index in [-0.39, 0.29) is 11.3 Å². The maximum atomic E-state index is 10.7. The fraction of sp³-hybridized carbons (Fsp3) is 0.111. The Morgan fingerprint density at radius 3 is 2.50 bits per heavy atom. The molecule has 0 saturated carbocycles. The molecule has 0 atom stereocenters. The van der Waals surface area contributed by atoms with Crippen LogP contribution in [0.3, 0.4) is 0 Å². The first kappa shape index (κ1) is 15.5. The number of hydrogen-bond donors (Lipinski definition) is 2. The summed E-state index contributed by atoms with van der Waals surface area (Å²) < 4.78 is -1.41. The van der Waals surface area contributed by atoms with Gasteiger partial charge in [-0.3, -0.25) is 9.97 Å². The average Bonchev–Trinajstić information content (AvgIpc) is 2.58. The van der Waals surface area contributed by atoms with Gasteiger partial charge in [0.1, 0.15) is 5.69 Å². The normalized spacial score (nSPS) is 18.1. The quantitative estimate of drug-likeness (QED) is 0.516. The van der Waals surface area contributed by atoms with Crippen molar-refractivity contribution in [3.63, 3.8) is 0 Å². The molecule has 1 aliphatic carbocycles.